The van der Waals surface area contributed by atoms with E-state index in [9.17, 15) is 9.59 Å². The van der Waals surface area contributed by atoms with E-state index in [2.05, 4.69) is 34.9 Å². The Hall–Kier alpha value is -4.38. The highest BCUT2D eigenvalue weighted by atomic mass is 16.5. The lowest BCUT2D eigenvalue weighted by Gasteiger charge is -2.25. The Morgan fingerprint density at radius 2 is 1.13 bits per heavy atom. The van der Waals surface area contributed by atoms with Gasteiger partial charge in [-0.1, -0.05) is 109 Å². The third kappa shape index (κ3) is 8.93. The molecule has 0 aliphatic rings. The van der Waals surface area contributed by atoms with Crippen molar-refractivity contribution in [2.24, 2.45) is 5.92 Å². The summed E-state index contributed by atoms with van der Waals surface area (Å²) >= 11 is 0. The number of carbonyl (C=O) groups excluding carboxylic acids is 2. The minimum Gasteiger partial charge on any atom is -0.445 e. The molecule has 4 aromatic carbocycles. The molecule has 0 radical (unpaired) electrons. The highest BCUT2D eigenvalue weighted by molar-refractivity contribution is 5.94. The monoisotopic (exact) mass is 506 g/mol. The Bertz CT molecular complexity index is 1250. The number of rotatable bonds is 12. The maximum Gasteiger partial charge on any atom is 0.407 e. The summed E-state index contributed by atoms with van der Waals surface area (Å²) in [5, 5.41) is 6.20. The van der Waals surface area contributed by atoms with Crippen LogP contribution < -0.4 is 10.6 Å². The highest BCUT2D eigenvalue weighted by Gasteiger charge is 2.21. The first-order chi connectivity index (χ1) is 18.7. The second kappa shape index (κ2) is 14.4. The molecule has 0 fully saturated rings. The fraction of sp³-hybridized carbons (Fsp3) is 0.212. The lowest BCUT2D eigenvalue weighted by Crippen LogP contribution is -2.40. The van der Waals surface area contributed by atoms with Crippen LogP contribution in [-0.2, 0) is 24.2 Å². The number of alkyl carbamates (subject to hydrolysis) is 1. The molecule has 0 saturated heterocycles. The van der Waals surface area contributed by atoms with Gasteiger partial charge < -0.3 is 15.4 Å². The molecule has 0 aromatic heterocycles. The van der Waals surface area contributed by atoms with Crippen LogP contribution in [0.4, 0.5) is 4.79 Å². The van der Waals surface area contributed by atoms with E-state index < -0.39 is 6.09 Å². The van der Waals surface area contributed by atoms with Crippen molar-refractivity contribution in [2.45, 2.75) is 31.9 Å². The second-order valence-corrected chi connectivity index (χ2v) is 9.46. The zero-order valence-corrected chi connectivity index (χ0v) is 21.5. The third-order valence-corrected chi connectivity index (χ3v) is 6.43. The average molecular weight is 507 g/mol. The van der Waals surface area contributed by atoms with E-state index in [1.165, 1.54) is 5.56 Å². The third-order valence-electron chi connectivity index (χ3n) is 6.43. The summed E-state index contributed by atoms with van der Waals surface area (Å²) in [5.41, 5.74) is 3.89. The fourth-order valence-corrected chi connectivity index (χ4v) is 4.54. The topological polar surface area (TPSA) is 67.4 Å². The summed E-state index contributed by atoms with van der Waals surface area (Å²) in [4.78, 5) is 25.6. The standard InChI is InChI=1S/C33H34N2O3/c36-32(30-19-11-4-12-20-30)34-24-29(21-26-13-5-1-6-14-26)23-31(22-27-15-7-2-8-16-27)35-33(37)38-25-28-17-9-3-10-18-28/h1-20,29,31H,21-25H2,(H,34,36)(H,35,37). The molecule has 2 N–H and O–H groups in total. The van der Waals surface area contributed by atoms with Crippen molar-refractivity contribution in [3.05, 3.63) is 144 Å². The van der Waals surface area contributed by atoms with Crippen molar-refractivity contribution in [3.8, 4) is 0 Å². The summed E-state index contributed by atoms with van der Waals surface area (Å²) in [6, 6.07) is 39.1. The van der Waals surface area contributed by atoms with Crippen molar-refractivity contribution >= 4 is 12.0 Å². The largest absolute Gasteiger partial charge is 0.445 e. The van der Waals surface area contributed by atoms with Crippen LogP contribution in [0.15, 0.2) is 121 Å². The summed E-state index contributed by atoms with van der Waals surface area (Å²) in [6.07, 6.45) is 1.68. The Morgan fingerprint density at radius 3 is 1.71 bits per heavy atom. The van der Waals surface area contributed by atoms with Gasteiger partial charge in [0.05, 0.1) is 0 Å². The van der Waals surface area contributed by atoms with E-state index in [0.717, 1.165) is 17.5 Å². The fourth-order valence-electron chi connectivity index (χ4n) is 4.54. The molecule has 4 rings (SSSR count). The summed E-state index contributed by atoms with van der Waals surface area (Å²) in [5.74, 6) is 0.00620. The van der Waals surface area contributed by atoms with Gasteiger partial charge in [0, 0.05) is 18.2 Å². The minimum atomic E-state index is -0.443. The predicted molar refractivity (Wildman–Crippen MR) is 151 cm³/mol. The van der Waals surface area contributed by atoms with Crippen molar-refractivity contribution < 1.29 is 14.3 Å². The maximum atomic E-state index is 12.8. The van der Waals surface area contributed by atoms with Gasteiger partial charge in [-0.05, 0) is 54.0 Å². The molecule has 0 spiro atoms. The van der Waals surface area contributed by atoms with Crippen molar-refractivity contribution in [3.63, 3.8) is 0 Å². The quantitative estimate of drug-likeness (QED) is 0.240. The molecule has 38 heavy (non-hydrogen) atoms. The Labute approximate surface area is 224 Å². The van der Waals surface area contributed by atoms with E-state index in [0.29, 0.717) is 24.9 Å². The van der Waals surface area contributed by atoms with Crippen LogP contribution in [0.3, 0.4) is 0 Å². The van der Waals surface area contributed by atoms with Crippen LogP contribution in [0.5, 0.6) is 0 Å². The van der Waals surface area contributed by atoms with Crippen LogP contribution in [0, 0.1) is 5.92 Å². The smallest absolute Gasteiger partial charge is 0.407 e. The van der Waals surface area contributed by atoms with Gasteiger partial charge in [-0.2, -0.15) is 0 Å². The molecule has 4 aromatic rings. The molecule has 2 unspecified atom stereocenters. The van der Waals surface area contributed by atoms with Gasteiger partial charge in [0.1, 0.15) is 6.61 Å². The minimum absolute atomic E-state index is 0.0986. The first-order valence-electron chi connectivity index (χ1n) is 13.0. The molecule has 2 atom stereocenters. The first kappa shape index (κ1) is 26.7. The van der Waals surface area contributed by atoms with E-state index in [-0.39, 0.29) is 24.5 Å². The van der Waals surface area contributed by atoms with E-state index in [4.69, 9.17) is 4.74 Å². The average Bonchev–Trinajstić information content (AvgIpc) is 2.96. The molecule has 0 bridgehead atoms. The lowest BCUT2D eigenvalue weighted by molar-refractivity contribution is 0.0943. The van der Waals surface area contributed by atoms with Gasteiger partial charge in [-0.15, -0.1) is 0 Å². The van der Waals surface area contributed by atoms with Crippen LogP contribution >= 0.6 is 0 Å². The summed E-state index contributed by atoms with van der Waals surface area (Å²) in [7, 11) is 0. The summed E-state index contributed by atoms with van der Waals surface area (Å²) < 4.78 is 5.53. The molecular weight excluding hydrogens is 472 g/mol. The number of nitrogens with one attached hydrogen (secondary N) is 2. The molecule has 194 valence electrons. The van der Waals surface area contributed by atoms with Crippen LogP contribution in [0.25, 0.3) is 0 Å². The number of hydrogen-bond donors (Lipinski definition) is 2. The van der Waals surface area contributed by atoms with E-state index in [1.807, 2.05) is 97.1 Å². The molecule has 5 heteroatoms. The molecule has 5 nitrogen and oxygen atoms in total. The SMILES string of the molecule is O=C(NC(Cc1ccccc1)CC(CNC(=O)c1ccccc1)Cc1ccccc1)OCc1ccccc1. The molecule has 0 aliphatic heterocycles. The zero-order valence-electron chi connectivity index (χ0n) is 21.5. The lowest BCUT2D eigenvalue weighted by atomic mass is 9.90. The van der Waals surface area contributed by atoms with Crippen LogP contribution in [-0.4, -0.2) is 24.6 Å². The number of ether oxygens (including phenoxy) is 1. The molecule has 0 aliphatic carbocycles. The van der Waals surface area contributed by atoms with Gasteiger partial charge in [0.2, 0.25) is 0 Å². The predicted octanol–water partition coefficient (Wildman–Crippen LogP) is 6.20. The number of carbonyl (C=O) groups is 2. The van der Waals surface area contributed by atoms with Crippen molar-refractivity contribution in [2.75, 3.05) is 6.54 Å². The second-order valence-electron chi connectivity index (χ2n) is 9.46. The summed E-state index contributed by atoms with van der Waals surface area (Å²) in [6.45, 7) is 0.708. The molecular formula is C33H34N2O3. The van der Waals surface area contributed by atoms with Crippen molar-refractivity contribution in [1.29, 1.82) is 0 Å². The number of benzene rings is 4. The first-order valence-corrected chi connectivity index (χ1v) is 13.0. The normalized spacial score (nSPS) is 12.2. The van der Waals surface area contributed by atoms with E-state index >= 15 is 0 Å². The van der Waals surface area contributed by atoms with Gasteiger partial charge in [-0.3, -0.25) is 4.79 Å². The zero-order chi connectivity index (χ0) is 26.4. The van der Waals surface area contributed by atoms with Gasteiger partial charge >= 0.3 is 6.09 Å². The van der Waals surface area contributed by atoms with Gasteiger partial charge in [0.25, 0.3) is 5.91 Å². The van der Waals surface area contributed by atoms with Crippen LogP contribution in [0.1, 0.15) is 33.5 Å². The number of amides is 2. The number of hydrogen-bond acceptors (Lipinski definition) is 3. The van der Waals surface area contributed by atoms with Crippen molar-refractivity contribution in [1.82, 2.24) is 10.6 Å². The molecule has 2 amide bonds. The van der Waals surface area contributed by atoms with Crippen LogP contribution in [0.2, 0.25) is 0 Å². The Morgan fingerprint density at radius 1 is 0.632 bits per heavy atom. The Balaban J connectivity index is 1.45. The van der Waals surface area contributed by atoms with Gasteiger partial charge in [-0.25, -0.2) is 4.79 Å². The maximum absolute atomic E-state index is 12.8. The molecule has 0 heterocycles. The van der Waals surface area contributed by atoms with Gasteiger partial charge in [0.15, 0.2) is 0 Å². The molecule has 0 saturated carbocycles. The highest BCUT2D eigenvalue weighted by Crippen LogP contribution is 2.18. The Kier molecular flexibility index (Phi) is 10.1. The van der Waals surface area contributed by atoms with E-state index in [1.54, 1.807) is 0 Å².